The maximum Gasteiger partial charge on any atom is 0.280 e. The number of fused-ring (bicyclic) bond motifs is 1. The molecule has 2 aliphatic rings. The van der Waals surface area contributed by atoms with Gasteiger partial charge in [-0.25, -0.2) is 4.98 Å². The number of rotatable bonds is 3. The van der Waals surface area contributed by atoms with Crippen molar-refractivity contribution in [1.29, 1.82) is 0 Å². The molecule has 0 unspecified atom stereocenters. The van der Waals surface area contributed by atoms with Gasteiger partial charge in [0.05, 0.1) is 39.8 Å². The van der Waals surface area contributed by atoms with Crippen LogP contribution >= 0.6 is 0 Å². The number of nitrogens with zero attached hydrogens (tertiary/aromatic N) is 4. The monoisotopic (exact) mass is 382 g/mol. The Kier molecular flexibility index (Phi) is 4.52. The van der Waals surface area contributed by atoms with Gasteiger partial charge < -0.3 is 35.6 Å². The SMILES string of the molecule is C[NH+]1CCN(c2nc3c(=O)[nH]c(N)nc3n2[C@@H]2O[C@@H](CO)[C@@H](O)[C@@H]2O)CC1. The molecule has 0 saturated carbocycles. The predicted octanol–water partition coefficient (Wildman–Crippen LogP) is -4.35. The molecule has 4 rings (SSSR count). The minimum absolute atomic E-state index is 0.0724. The molecule has 4 atom stereocenters. The fraction of sp³-hybridized carbons (Fsp3) is 0.667. The molecule has 0 spiro atoms. The van der Waals surface area contributed by atoms with Crippen molar-refractivity contribution in [2.75, 3.05) is 50.5 Å². The molecule has 148 valence electrons. The first kappa shape index (κ1) is 18.1. The number of imidazole rings is 1. The van der Waals surface area contributed by atoms with Gasteiger partial charge in [-0.3, -0.25) is 14.3 Å². The molecular weight excluding hydrogens is 358 g/mol. The van der Waals surface area contributed by atoms with E-state index >= 15 is 0 Å². The highest BCUT2D eigenvalue weighted by Crippen LogP contribution is 2.35. The Morgan fingerprint density at radius 1 is 1.30 bits per heavy atom. The first-order valence-electron chi connectivity index (χ1n) is 8.87. The number of aliphatic hydroxyl groups excluding tert-OH is 3. The van der Waals surface area contributed by atoms with E-state index < -0.39 is 36.7 Å². The Morgan fingerprint density at radius 2 is 2.00 bits per heavy atom. The van der Waals surface area contributed by atoms with E-state index in [0.29, 0.717) is 19.0 Å². The molecule has 2 fully saturated rings. The lowest BCUT2D eigenvalue weighted by Gasteiger charge is -2.32. The average Bonchev–Trinajstić information content (AvgIpc) is 3.14. The molecule has 4 heterocycles. The Hall–Kier alpha value is -2.25. The number of hydrogen-bond donors (Lipinski definition) is 6. The molecule has 2 aromatic heterocycles. The van der Waals surface area contributed by atoms with Crippen molar-refractivity contribution in [1.82, 2.24) is 19.5 Å². The Labute approximate surface area is 153 Å². The average molecular weight is 382 g/mol. The third-order valence-electron chi connectivity index (χ3n) is 5.22. The molecule has 2 saturated heterocycles. The number of nitrogen functional groups attached to an aromatic ring is 1. The van der Waals surface area contributed by atoms with E-state index in [1.54, 1.807) is 0 Å². The number of nitrogens with two attached hydrogens (primary N) is 1. The van der Waals surface area contributed by atoms with E-state index in [2.05, 4.69) is 22.0 Å². The number of aromatic amines is 1. The number of likely N-dealkylation sites (N-methyl/N-ethyl adjacent to an activating group) is 1. The summed E-state index contributed by atoms with van der Waals surface area (Å²) in [6, 6.07) is 0. The molecule has 27 heavy (non-hydrogen) atoms. The number of aliphatic hydroxyl groups is 3. The summed E-state index contributed by atoms with van der Waals surface area (Å²) in [5.74, 6) is 0.325. The molecule has 0 bridgehead atoms. The third kappa shape index (κ3) is 2.95. The van der Waals surface area contributed by atoms with Crippen molar-refractivity contribution in [3.63, 3.8) is 0 Å². The number of anilines is 2. The van der Waals surface area contributed by atoms with Crippen molar-refractivity contribution in [2.45, 2.75) is 24.5 Å². The van der Waals surface area contributed by atoms with Gasteiger partial charge in [0.2, 0.25) is 11.9 Å². The number of hydrogen-bond acceptors (Lipinski definition) is 9. The highest BCUT2D eigenvalue weighted by molar-refractivity contribution is 5.75. The first-order valence-corrected chi connectivity index (χ1v) is 8.87. The van der Waals surface area contributed by atoms with Crippen LogP contribution < -0.4 is 21.1 Å². The van der Waals surface area contributed by atoms with Gasteiger partial charge >= 0.3 is 0 Å². The van der Waals surface area contributed by atoms with Gasteiger partial charge in [-0.15, -0.1) is 0 Å². The predicted molar refractivity (Wildman–Crippen MR) is 94.4 cm³/mol. The molecular formula is C15H24N7O5+. The molecule has 12 nitrogen and oxygen atoms in total. The fourth-order valence-corrected chi connectivity index (χ4v) is 3.63. The van der Waals surface area contributed by atoms with Crippen molar-refractivity contribution in [3.8, 4) is 0 Å². The summed E-state index contributed by atoms with van der Waals surface area (Å²) >= 11 is 0. The lowest BCUT2D eigenvalue weighted by atomic mass is 10.1. The van der Waals surface area contributed by atoms with Gasteiger partial charge in [-0.1, -0.05) is 0 Å². The Balaban J connectivity index is 1.86. The zero-order chi connectivity index (χ0) is 19.3. The minimum atomic E-state index is -1.32. The van der Waals surface area contributed by atoms with Gasteiger partial charge in [-0.2, -0.15) is 4.98 Å². The number of aromatic nitrogens is 4. The largest absolute Gasteiger partial charge is 0.394 e. The number of nitrogens with one attached hydrogen (secondary N) is 2. The maximum atomic E-state index is 12.3. The van der Waals surface area contributed by atoms with Crippen LogP contribution in [0.25, 0.3) is 11.2 Å². The second-order valence-corrected chi connectivity index (χ2v) is 7.08. The Bertz CT molecular complexity index is 891. The smallest absolute Gasteiger partial charge is 0.280 e. The van der Waals surface area contributed by atoms with Crippen LogP contribution in [0.2, 0.25) is 0 Å². The summed E-state index contributed by atoms with van der Waals surface area (Å²) in [7, 11) is 2.10. The van der Waals surface area contributed by atoms with Crippen LogP contribution in [-0.4, -0.2) is 93.0 Å². The highest BCUT2D eigenvalue weighted by Gasteiger charge is 2.45. The molecule has 12 heteroatoms. The topological polar surface area (TPSA) is 167 Å². The van der Waals surface area contributed by atoms with Gasteiger partial charge in [0.15, 0.2) is 17.4 Å². The molecule has 0 aromatic carbocycles. The van der Waals surface area contributed by atoms with Crippen molar-refractivity contribution in [3.05, 3.63) is 10.4 Å². The number of piperazine rings is 1. The summed E-state index contributed by atoms with van der Waals surface area (Å²) in [5.41, 5.74) is 5.43. The standard InChI is InChI=1S/C15H23N7O5/c1-20-2-4-21(5-3-20)15-17-8-11(18-14(16)19-12(8)26)22(15)13-10(25)9(24)7(6-23)27-13/h7,9-10,13,23-25H,2-6H2,1H3,(H3,16,18,19,26)/p+1/t7-,9+,10-,13+/m0/s1. The molecule has 0 amide bonds. The summed E-state index contributed by atoms with van der Waals surface area (Å²) in [6.07, 6.45) is -4.61. The van der Waals surface area contributed by atoms with Gasteiger partial charge in [0.25, 0.3) is 5.56 Å². The zero-order valence-electron chi connectivity index (χ0n) is 14.9. The quantitative estimate of drug-likeness (QED) is 0.307. The van der Waals surface area contributed by atoms with Crippen LogP contribution in [0, 0.1) is 0 Å². The lowest BCUT2D eigenvalue weighted by molar-refractivity contribution is -0.880. The molecule has 2 aromatic rings. The molecule has 2 aliphatic heterocycles. The normalized spacial score (nSPS) is 29.7. The van der Waals surface area contributed by atoms with Crippen LogP contribution in [0.15, 0.2) is 4.79 Å². The van der Waals surface area contributed by atoms with Crippen LogP contribution in [0.4, 0.5) is 11.9 Å². The fourth-order valence-electron chi connectivity index (χ4n) is 3.63. The van der Waals surface area contributed by atoms with Gasteiger partial charge in [0.1, 0.15) is 18.3 Å². The van der Waals surface area contributed by atoms with Crippen LogP contribution in [0.3, 0.4) is 0 Å². The maximum absolute atomic E-state index is 12.3. The van der Waals surface area contributed by atoms with E-state index in [1.165, 1.54) is 9.47 Å². The molecule has 0 aliphatic carbocycles. The van der Waals surface area contributed by atoms with Crippen molar-refractivity contribution < 1.29 is 25.0 Å². The first-order chi connectivity index (χ1) is 12.9. The van der Waals surface area contributed by atoms with E-state index in [4.69, 9.17) is 10.5 Å². The van der Waals surface area contributed by atoms with E-state index in [-0.39, 0.29) is 17.1 Å². The van der Waals surface area contributed by atoms with Gasteiger partial charge in [-0.05, 0) is 0 Å². The van der Waals surface area contributed by atoms with E-state index in [9.17, 15) is 20.1 Å². The van der Waals surface area contributed by atoms with Crippen LogP contribution in [0.5, 0.6) is 0 Å². The number of H-pyrrole nitrogens is 1. The minimum Gasteiger partial charge on any atom is -0.394 e. The lowest BCUT2D eigenvalue weighted by Crippen LogP contribution is -3.12. The highest BCUT2D eigenvalue weighted by atomic mass is 16.6. The second kappa shape index (κ2) is 6.73. The van der Waals surface area contributed by atoms with Gasteiger partial charge in [0, 0.05) is 0 Å². The van der Waals surface area contributed by atoms with Crippen LogP contribution in [0.1, 0.15) is 6.23 Å². The number of ether oxygens (including phenoxy) is 1. The number of quaternary nitrogens is 1. The summed E-state index contributed by atoms with van der Waals surface area (Å²) in [5, 5.41) is 30.0. The Morgan fingerprint density at radius 3 is 2.63 bits per heavy atom. The molecule has 0 radical (unpaired) electrons. The van der Waals surface area contributed by atoms with Crippen molar-refractivity contribution in [2.24, 2.45) is 0 Å². The van der Waals surface area contributed by atoms with Crippen molar-refractivity contribution >= 4 is 23.1 Å². The zero-order valence-corrected chi connectivity index (χ0v) is 14.9. The summed E-state index contributed by atoms with van der Waals surface area (Å²) < 4.78 is 7.16. The van der Waals surface area contributed by atoms with E-state index in [0.717, 1.165) is 13.1 Å². The molecule has 7 N–H and O–H groups in total. The third-order valence-corrected chi connectivity index (χ3v) is 5.22. The summed E-state index contributed by atoms with van der Waals surface area (Å²) in [4.78, 5) is 26.7. The van der Waals surface area contributed by atoms with E-state index in [1.807, 2.05) is 4.90 Å². The summed E-state index contributed by atoms with van der Waals surface area (Å²) in [6.45, 7) is 2.69. The van der Waals surface area contributed by atoms with Crippen LogP contribution in [-0.2, 0) is 4.74 Å². The second-order valence-electron chi connectivity index (χ2n) is 7.08.